The molecule has 0 aromatic heterocycles. The lowest BCUT2D eigenvalue weighted by molar-refractivity contribution is -0.123. The molecule has 2 aromatic carbocycles. The largest absolute Gasteiger partial charge is 0.497 e. The molecule has 138 valence electrons. The van der Waals surface area contributed by atoms with Gasteiger partial charge in [0.05, 0.1) is 31.1 Å². The average Bonchev–Trinajstić information content (AvgIpc) is 3.12. The summed E-state index contributed by atoms with van der Waals surface area (Å²) in [5.74, 6) is 0.834. The van der Waals surface area contributed by atoms with Crippen LogP contribution in [0.5, 0.6) is 5.75 Å². The van der Waals surface area contributed by atoms with Gasteiger partial charge in [-0.1, -0.05) is 30.3 Å². The molecule has 2 bridgehead atoms. The van der Waals surface area contributed by atoms with Gasteiger partial charge in [0.2, 0.25) is 0 Å². The first kappa shape index (κ1) is 17.8. The third kappa shape index (κ3) is 3.75. The maximum Gasteiger partial charge on any atom is 0.172 e. The van der Waals surface area contributed by atoms with E-state index in [1.165, 1.54) is 0 Å². The van der Waals surface area contributed by atoms with Crippen molar-refractivity contribution in [2.45, 2.75) is 41.2 Å². The van der Waals surface area contributed by atoms with Gasteiger partial charge in [-0.05, 0) is 29.8 Å². The number of ether oxygens (including phenoxy) is 3. The van der Waals surface area contributed by atoms with Crippen LogP contribution in [0.3, 0.4) is 0 Å². The van der Waals surface area contributed by atoms with Crippen molar-refractivity contribution >= 4 is 11.8 Å². The average molecular weight is 373 g/mol. The minimum absolute atomic E-state index is 0.124. The summed E-state index contributed by atoms with van der Waals surface area (Å²) >= 11 is 1.61. The Labute approximate surface area is 157 Å². The van der Waals surface area contributed by atoms with Crippen LogP contribution in [0.25, 0.3) is 0 Å². The van der Waals surface area contributed by atoms with Gasteiger partial charge in [-0.2, -0.15) is 0 Å². The van der Waals surface area contributed by atoms with Crippen LogP contribution in [0.1, 0.15) is 5.56 Å². The van der Waals surface area contributed by atoms with E-state index in [2.05, 4.69) is 5.32 Å². The molecular formula is C20H23NO4S. The Balaban J connectivity index is 1.43. The van der Waals surface area contributed by atoms with E-state index in [4.69, 9.17) is 14.2 Å². The number of hydrogen-bond acceptors (Lipinski definition) is 6. The molecule has 2 aliphatic rings. The normalized spacial score (nSPS) is 30.3. The Morgan fingerprint density at radius 2 is 1.92 bits per heavy atom. The van der Waals surface area contributed by atoms with Gasteiger partial charge in [0, 0.05) is 11.4 Å². The zero-order valence-corrected chi connectivity index (χ0v) is 15.4. The third-order valence-electron chi connectivity index (χ3n) is 4.82. The molecule has 5 atom stereocenters. The van der Waals surface area contributed by atoms with Crippen molar-refractivity contribution in [1.82, 2.24) is 5.32 Å². The maximum atomic E-state index is 11.0. The molecule has 2 saturated heterocycles. The van der Waals surface area contributed by atoms with E-state index in [1.54, 1.807) is 18.9 Å². The van der Waals surface area contributed by atoms with Gasteiger partial charge in [-0.25, -0.2) is 0 Å². The molecule has 5 nitrogen and oxygen atoms in total. The molecule has 2 aliphatic heterocycles. The Morgan fingerprint density at radius 3 is 2.65 bits per heavy atom. The second-order valence-corrected chi connectivity index (χ2v) is 7.77. The minimum atomic E-state index is -0.551. The first-order chi connectivity index (χ1) is 12.7. The Morgan fingerprint density at radius 1 is 1.15 bits per heavy atom. The zero-order chi connectivity index (χ0) is 17.9. The fraction of sp³-hybridized carbons (Fsp3) is 0.400. The number of fused-ring (bicyclic) bond motifs is 2. The number of aliphatic hydroxyl groups is 1. The molecule has 2 aromatic rings. The molecule has 26 heavy (non-hydrogen) atoms. The minimum Gasteiger partial charge on any atom is -0.497 e. The zero-order valence-electron chi connectivity index (χ0n) is 14.6. The van der Waals surface area contributed by atoms with Crippen molar-refractivity contribution in [3.05, 3.63) is 60.2 Å². The standard InChI is InChI=1S/C20H23NO4S/c1-23-14-9-7-13(8-10-14)11-21-17-16-12-24-20(25-16)19(18(17)22)26-15-5-3-2-4-6-15/h2-10,16-22H,11-12H2,1H3/t16-,17-,18-,19+,20+/m0/s1. The van der Waals surface area contributed by atoms with Crippen LogP contribution >= 0.6 is 11.8 Å². The van der Waals surface area contributed by atoms with Crippen LogP contribution in [0.15, 0.2) is 59.5 Å². The first-order valence-electron chi connectivity index (χ1n) is 8.78. The number of rotatable bonds is 6. The lowest BCUT2D eigenvalue weighted by atomic mass is 9.99. The van der Waals surface area contributed by atoms with E-state index < -0.39 is 6.10 Å². The topological polar surface area (TPSA) is 60.0 Å². The van der Waals surface area contributed by atoms with Crippen LogP contribution in [0, 0.1) is 0 Å². The molecule has 0 radical (unpaired) electrons. The maximum absolute atomic E-state index is 11.0. The summed E-state index contributed by atoms with van der Waals surface area (Å²) in [5, 5.41) is 14.3. The number of benzene rings is 2. The predicted octanol–water partition coefficient (Wildman–Crippen LogP) is 2.43. The highest BCUT2D eigenvalue weighted by molar-refractivity contribution is 8.00. The lowest BCUT2D eigenvalue weighted by Gasteiger charge is -2.38. The second-order valence-electron chi connectivity index (χ2n) is 6.52. The SMILES string of the molecule is COc1ccc(CN[C@@H]2[C@H](O)[C@@H](Sc3ccccc3)[C@@H]3OC[C@@H]2O3)cc1. The fourth-order valence-corrected chi connectivity index (χ4v) is 4.59. The molecule has 6 heteroatoms. The van der Waals surface area contributed by atoms with Crippen LogP contribution in [-0.4, -0.2) is 48.6 Å². The predicted molar refractivity (Wildman–Crippen MR) is 100 cm³/mol. The number of thioether (sulfide) groups is 1. The third-order valence-corrected chi connectivity index (χ3v) is 6.14. The van der Waals surface area contributed by atoms with Crippen LogP contribution in [0.4, 0.5) is 0 Å². The highest BCUT2D eigenvalue weighted by atomic mass is 32.2. The van der Waals surface area contributed by atoms with Gasteiger partial charge in [0.25, 0.3) is 0 Å². The van der Waals surface area contributed by atoms with Gasteiger partial charge >= 0.3 is 0 Å². The molecule has 0 spiro atoms. The second kappa shape index (κ2) is 7.98. The van der Waals surface area contributed by atoms with Gasteiger partial charge in [-0.15, -0.1) is 11.8 Å². The van der Waals surface area contributed by atoms with E-state index in [1.807, 2.05) is 54.6 Å². The molecule has 0 aliphatic carbocycles. The summed E-state index contributed by atoms with van der Waals surface area (Å²) < 4.78 is 17.0. The Bertz CT molecular complexity index is 712. The summed E-state index contributed by atoms with van der Waals surface area (Å²) in [6.07, 6.45) is -1.04. The van der Waals surface area contributed by atoms with Crippen molar-refractivity contribution in [3.8, 4) is 5.75 Å². The summed E-state index contributed by atoms with van der Waals surface area (Å²) in [4.78, 5) is 1.10. The number of hydrogen-bond donors (Lipinski definition) is 2. The van der Waals surface area contributed by atoms with Crippen molar-refractivity contribution in [1.29, 1.82) is 0 Å². The quantitative estimate of drug-likeness (QED) is 0.811. The van der Waals surface area contributed by atoms with Crippen molar-refractivity contribution in [2.75, 3.05) is 13.7 Å². The summed E-state index contributed by atoms with van der Waals surface area (Å²) in [5.41, 5.74) is 1.13. The molecule has 2 fully saturated rings. The molecule has 0 saturated carbocycles. The number of methoxy groups -OCH3 is 1. The number of nitrogens with one attached hydrogen (secondary N) is 1. The van der Waals surface area contributed by atoms with Gasteiger partial charge < -0.3 is 24.6 Å². The molecule has 4 rings (SSSR count). The van der Waals surface area contributed by atoms with Gasteiger partial charge in [0.15, 0.2) is 6.29 Å². The van der Waals surface area contributed by atoms with Crippen LogP contribution in [0.2, 0.25) is 0 Å². The molecule has 2 heterocycles. The van der Waals surface area contributed by atoms with Crippen molar-refractivity contribution in [3.63, 3.8) is 0 Å². The summed E-state index contributed by atoms with van der Waals surface area (Å²) in [7, 11) is 1.66. The van der Waals surface area contributed by atoms with E-state index in [-0.39, 0.29) is 23.7 Å². The molecule has 0 amide bonds. The highest BCUT2D eigenvalue weighted by Crippen LogP contribution is 2.38. The summed E-state index contributed by atoms with van der Waals surface area (Å²) in [6, 6.07) is 17.8. The van der Waals surface area contributed by atoms with E-state index in [0.717, 1.165) is 16.2 Å². The molecule has 2 N–H and O–H groups in total. The monoisotopic (exact) mass is 373 g/mol. The van der Waals surface area contributed by atoms with E-state index in [9.17, 15) is 5.11 Å². The molecular weight excluding hydrogens is 350 g/mol. The van der Waals surface area contributed by atoms with E-state index in [0.29, 0.717) is 13.2 Å². The van der Waals surface area contributed by atoms with Gasteiger partial charge in [0.1, 0.15) is 11.9 Å². The Hall–Kier alpha value is -1.57. The number of aliphatic hydroxyl groups excluding tert-OH is 1. The van der Waals surface area contributed by atoms with E-state index >= 15 is 0 Å². The first-order valence-corrected chi connectivity index (χ1v) is 9.66. The lowest BCUT2D eigenvalue weighted by Crippen LogP contribution is -2.58. The van der Waals surface area contributed by atoms with Crippen LogP contribution in [-0.2, 0) is 16.0 Å². The fourth-order valence-electron chi connectivity index (χ4n) is 3.40. The van der Waals surface area contributed by atoms with Crippen LogP contribution < -0.4 is 10.1 Å². The Kier molecular flexibility index (Phi) is 5.47. The van der Waals surface area contributed by atoms with Crippen molar-refractivity contribution in [2.24, 2.45) is 0 Å². The molecule has 0 unspecified atom stereocenters. The van der Waals surface area contributed by atoms with Crippen molar-refractivity contribution < 1.29 is 19.3 Å². The smallest absolute Gasteiger partial charge is 0.172 e. The summed E-state index contributed by atoms with van der Waals surface area (Å²) in [6.45, 7) is 1.16. The van der Waals surface area contributed by atoms with Gasteiger partial charge in [-0.3, -0.25) is 0 Å². The highest BCUT2D eigenvalue weighted by Gasteiger charge is 2.50.